The maximum Gasteiger partial charge on any atom is 0.483 e. The van der Waals surface area contributed by atoms with Gasteiger partial charge < -0.3 is 0 Å². The number of carbonyl (C=O) groups is 1. The van der Waals surface area contributed by atoms with Crippen molar-refractivity contribution in [2.24, 2.45) is 0 Å². The first-order chi connectivity index (χ1) is 5.73. The third-order valence-electron chi connectivity index (χ3n) is 1.33. The molecule has 0 aromatic rings. The average Bonchev–Trinajstić information content (AvgIpc) is 1.82. The van der Waals surface area contributed by atoms with Crippen molar-refractivity contribution in [3.05, 3.63) is 24.3 Å². The molecular formula is C9H12CoF2O. The van der Waals surface area contributed by atoms with Gasteiger partial charge in [-0.15, -0.1) is 8.78 Å². The topological polar surface area (TPSA) is 17.1 Å². The maximum absolute atomic E-state index is 9.69. The summed E-state index contributed by atoms with van der Waals surface area (Å²) >= 11 is 0. The van der Waals surface area contributed by atoms with Gasteiger partial charge in [-0.1, -0.05) is 24.3 Å². The molecule has 0 bridgehead atoms. The Morgan fingerprint density at radius 1 is 0.846 bits per heavy atom. The van der Waals surface area contributed by atoms with Gasteiger partial charge in [0.15, 0.2) is 0 Å². The summed E-state index contributed by atoms with van der Waals surface area (Å²) < 4.78 is 19.4. The zero-order valence-corrected chi connectivity index (χ0v) is 8.18. The van der Waals surface area contributed by atoms with E-state index in [1.807, 2.05) is 0 Å². The minimum Gasteiger partial charge on any atom is -0.219 e. The van der Waals surface area contributed by atoms with Gasteiger partial charge in [-0.25, -0.2) is 4.79 Å². The molecule has 1 rings (SSSR count). The van der Waals surface area contributed by atoms with E-state index in [4.69, 9.17) is 4.79 Å². The second-order valence-corrected chi connectivity index (χ2v) is 2.32. The zero-order valence-electron chi connectivity index (χ0n) is 7.14. The van der Waals surface area contributed by atoms with Crippen molar-refractivity contribution in [3.63, 3.8) is 0 Å². The van der Waals surface area contributed by atoms with Crippen LogP contribution in [0.4, 0.5) is 13.6 Å². The summed E-state index contributed by atoms with van der Waals surface area (Å²) in [5.74, 6) is 0. The minimum absolute atomic E-state index is 0. The van der Waals surface area contributed by atoms with Crippen molar-refractivity contribution in [1.29, 1.82) is 0 Å². The number of hydrogen-bond acceptors (Lipinski definition) is 1. The molecule has 1 aliphatic carbocycles. The Labute approximate surface area is 87.1 Å². The number of allylic oxidation sites excluding steroid dienone is 4. The Kier molecular flexibility index (Phi) is 13.3. The fraction of sp³-hybridized carbons (Fsp3) is 0.444. The smallest absolute Gasteiger partial charge is 0.219 e. The van der Waals surface area contributed by atoms with Crippen LogP contribution in [0.2, 0.25) is 0 Å². The second-order valence-electron chi connectivity index (χ2n) is 2.32. The molecule has 0 saturated heterocycles. The number of halogens is 2. The minimum atomic E-state index is -2.83. The molecule has 0 atom stereocenters. The van der Waals surface area contributed by atoms with Gasteiger partial charge >= 0.3 is 6.29 Å². The van der Waals surface area contributed by atoms with E-state index in [9.17, 15) is 8.78 Å². The van der Waals surface area contributed by atoms with Crippen LogP contribution in [0.25, 0.3) is 0 Å². The average molecular weight is 233 g/mol. The summed E-state index contributed by atoms with van der Waals surface area (Å²) in [5, 5.41) is 0. The van der Waals surface area contributed by atoms with Crippen molar-refractivity contribution in [1.82, 2.24) is 0 Å². The molecule has 77 valence electrons. The summed E-state index contributed by atoms with van der Waals surface area (Å²) in [6, 6.07) is 0. The van der Waals surface area contributed by atoms with Crippen LogP contribution in [-0.2, 0) is 16.8 Å². The molecule has 1 radical (unpaired) electrons. The van der Waals surface area contributed by atoms with Crippen LogP contribution in [-0.4, -0.2) is 6.29 Å². The normalized spacial score (nSPS) is 16.8. The fourth-order valence-electron chi connectivity index (χ4n) is 0.856. The van der Waals surface area contributed by atoms with Crippen LogP contribution in [0, 0.1) is 0 Å². The summed E-state index contributed by atoms with van der Waals surface area (Å²) in [6.07, 6.45) is 11.2. The molecule has 0 amide bonds. The quantitative estimate of drug-likeness (QED) is 0.460. The monoisotopic (exact) mass is 233 g/mol. The van der Waals surface area contributed by atoms with Gasteiger partial charge in [0.2, 0.25) is 0 Å². The first kappa shape index (κ1) is 15.0. The standard InChI is InChI=1S/C8H12.CF2O.Co/c1-2-4-6-8-7-5-3-1;2-1(3)4;/h1-2,7-8H,3-6H2;;/b2-1-,8-7?;;. The van der Waals surface area contributed by atoms with Crippen LogP contribution >= 0.6 is 0 Å². The van der Waals surface area contributed by atoms with E-state index in [0.29, 0.717) is 0 Å². The van der Waals surface area contributed by atoms with Gasteiger partial charge in [0.25, 0.3) is 0 Å². The number of carbonyl (C=O) groups excluding carboxylic acids is 1. The van der Waals surface area contributed by atoms with Crippen LogP contribution in [0.5, 0.6) is 0 Å². The molecule has 0 heterocycles. The van der Waals surface area contributed by atoms with Crippen LogP contribution in [0.1, 0.15) is 25.7 Å². The maximum atomic E-state index is 9.69. The van der Waals surface area contributed by atoms with Crippen molar-refractivity contribution in [2.75, 3.05) is 0 Å². The van der Waals surface area contributed by atoms with Crippen LogP contribution in [0.3, 0.4) is 0 Å². The Morgan fingerprint density at radius 2 is 1.00 bits per heavy atom. The van der Waals surface area contributed by atoms with Crippen molar-refractivity contribution in [3.8, 4) is 0 Å². The molecule has 0 aliphatic heterocycles. The summed E-state index contributed by atoms with van der Waals surface area (Å²) in [7, 11) is 0. The molecule has 1 nitrogen and oxygen atoms in total. The molecule has 0 unspecified atom stereocenters. The van der Waals surface area contributed by atoms with E-state index in [-0.39, 0.29) is 16.8 Å². The van der Waals surface area contributed by atoms with E-state index in [2.05, 4.69) is 24.3 Å². The van der Waals surface area contributed by atoms with Gasteiger partial charge in [0.1, 0.15) is 0 Å². The van der Waals surface area contributed by atoms with Gasteiger partial charge in [0, 0.05) is 16.8 Å². The van der Waals surface area contributed by atoms with E-state index in [1.54, 1.807) is 0 Å². The summed E-state index contributed by atoms with van der Waals surface area (Å²) in [5.41, 5.74) is 0. The molecular weight excluding hydrogens is 221 g/mol. The SMILES string of the molecule is C1=CCC/C=C\CC1.O=C(F)F.[Co]. The second kappa shape index (κ2) is 11.5. The number of rotatable bonds is 0. The van der Waals surface area contributed by atoms with E-state index in [0.717, 1.165) is 0 Å². The van der Waals surface area contributed by atoms with Crippen molar-refractivity contribution in [2.45, 2.75) is 25.7 Å². The first-order valence-corrected chi connectivity index (χ1v) is 3.88. The van der Waals surface area contributed by atoms with Crippen LogP contribution in [0.15, 0.2) is 24.3 Å². The van der Waals surface area contributed by atoms with E-state index < -0.39 is 6.29 Å². The zero-order chi connectivity index (χ0) is 9.23. The Hall–Kier alpha value is -0.484. The molecule has 0 N–H and O–H groups in total. The fourth-order valence-corrected chi connectivity index (χ4v) is 0.856. The molecule has 13 heavy (non-hydrogen) atoms. The van der Waals surface area contributed by atoms with Crippen molar-refractivity contribution >= 4 is 6.29 Å². The van der Waals surface area contributed by atoms with Crippen molar-refractivity contribution < 1.29 is 30.4 Å². The van der Waals surface area contributed by atoms with E-state index in [1.165, 1.54) is 25.7 Å². The summed E-state index contributed by atoms with van der Waals surface area (Å²) in [4.78, 5) is 8.11. The Bertz CT molecular complexity index is 148. The Balaban J connectivity index is 0. The predicted molar refractivity (Wildman–Crippen MR) is 44.4 cm³/mol. The molecule has 4 heteroatoms. The Morgan fingerprint density at radius 3 is 1.15 bits per heavy atom. The number of hydrogen-bond donors (Lipinski definition) is 0. The van der Waals surface area contributed by atoms with Crippen LogP contribution < -0.4 is 0 Å². The van der Waals surface area contributed by atoms with E-state index >= 15 is 0 Å². The molecule has 0 aromatic heterocycles. The van der Waals surface area contributed by atoms with Gasteiger partial charge in [-0.2, -0.15) is 0 Å². The molecule has 0 saturated carbocycles. The van der Waals surface area contributed by atoms with Gasteiger partial charge in [0.05, 0.1) is 0 Å². The summed E-state index contributed by atoms with van der Waals surface area (Å²) in [6.45, 7) is 0. The first-order valence-electron chi connectivity index (χ1n) is 3.88. The van der Waals surface area contributed by atoms with Gasteiger partial charge in [-0.3, -0.25) is 0 Å². The molecule has 0 spiro atoms. The molecule has 0 fully saturated rings. The predicted octanol–water partition coefficient (Wildman–Crippen LogP) is 3.72. The third-order valence-corrected chi connectivity index (χ3v) is 1.33. The third kappa shape index (κ3) is 18.5. The molecule has 1 aliphatic rings. The van der Waals surface area contributed by atoms with Gasteiger partial charge in [-0.05, 0) is 25.7 Å². The molecule has 0 aromatic carbocycles. The largest absolute Gasteiger partial charge is 0.483 e.